The van der Waals surface area contributed by atoms with Gasteiger partial charge in [0, 0.05) is 18.7 Å². The van der Waals surface area contributed by atoms with E-state index in [1.807, 2.05) is 30.3 Å². The second kappa shape index (κ2) is 6.80. The molecule has 0 fully saturated rings. The number of rotatable bonds is 4. The number of fused-ring (bicyclic) bond motifs is 1. The van der Waals surface area contributed by atoms with Crippen LogP contribution < -0.4 is 10.9 Å². The summed E-state index contributed by atoms with van der Waals surface area (Å²) < 4.78 is 1.61. The van der Waals surface area contributed by atoms with Crippen LogP contribution in [0.25, 0.3) is 5.69 Å². The van der Waals surface area contributed by atoms with Gasteiger partial charge < -0.3 is 5.32 Å². The average molecular weight is 347 g/mol. The maximum atomic E-state index is 12.9. The summed E-state index contributed by atoms with van der Waals surface area (Å²) in [6, 6.07) is 9.43. The number of carbonyl (C=O) groups is 1. The Kier molecular flexibility index (Phi) is 4.77. The minimum atomic E-state index is -0.0906. The van der Waals surface area contributed by atoms with Gasteiger partial charge in [0.05, 0.1) is 22.0 Å². The van der Waals surface area contributed by atoms with Gasteiger partial charge in [-0.3, -0.25) is 14.2 Å². The topological polar surface area (TPSA) is 64.0 Å². The molecule has 1 N–H and O–H groups in total. The molecule has 1 atom stereocenters. The van der Waals surface area contributed by atoms with Gasteiger partial charge in [-0.2, -0.15) is 0 Å². The fourth-order valence-electron chi connectivity index (χ4n) is 2.40. The zero-order valence-electron chi connectivity index (χ0n) is 12.9. The van der Waals surface area contributed by atoms with E-state index in [0.29, 0.717) is 10.4 Å². The number of nitrogens with zero attached hydrogens (tertiary/aromatic N) is 2. The zero-order chi connectivity index (χ0) is 16.4. The number of aromatic nitrogens is 2. The third-order valence-electron chi connectivity index (χ3n) is 3.51. The number of thioether (sulfide) groups is 2. The number of hydrogen-bond acceptors (Lipinski definition) is 5. The van der Waals surface area contributed by atoms with Gasteiger partial charge in [-0.1, -0.05) is 36.9 Å². The number of carbonyl (C=O) groups excluding carboxylic acids is 1. The van der Waals surface area contributed by atoms with E-state index < -0.39 is 0 Å². The van der Waals surface area contributed by atoms with Crippen LogP contribution in [0.5, 0.6) is 0 Å². The zero-order valence-corrected chi connectivity index (χ0v) is 14.5. The molecule has 7 heteroatoms. The highest BCUT2D eigenvalue weighted by molar-refractivity contribution is 8.00. The molecule has 0 spiro atoms. The quantitative estimate of drug-likeness (QED) is 0.678. The first-order valence-electron chi connectivity index (χ1n) is 7.31. The van der Waals surface area contributed by atoms with Gasteiger partial charge in [-0.15, -0.1) is 11.8 Å². The fourth-order valence-corrected chi connectivity index (χ4v) is 4.40. The van der Waals surface area contributed by atoms with Crippen molar-refractivity contribution in [3.8, 4) is 5.69 Å². The molecule has 1 unspecified atom stereocenters. The molecule has 0 bridgehead atoms. The molecule has 2 heterocycles. The van der Waals surface area contributed by atoms with E-state index in [-0.39, 0.29) is 17.2 Å². The Labute approximate surface area is 142 Å². The van der Waals surface area contributed by atoms with E-state index >= 15 is 0 Å². The van der Waals surface area contributed by atoms with E-state index in [4.69, 9.17) is 0 Å². The maximum absolute atomic E-state index is 12.9. The van der Waals surface area contributed by atoms with Crippen LogP contribution in [0.2, 0.25) is 0 Å². The number of amides is 1. The van der Waals surface area contributed by atoms with Gasteiger partial charge in [0.1, 0.15) is 0 Å². The van der Waals surface area contributed by atoms with E-state index in [9.17, 15) is 9.59 Å². The SMILES string of the molecule is CNC(=O)CSc1nc2c(c(=O)n1-c1ccccc1)SC(C)C2. The fraction of sp³-hybridized carbons (Fsp3) is 0.312. The summed E-state index contributed by atoms with van der Waals surface area (Å²) in [4.78, 5) is 29.9. The predicted octanol–water partition coefficient (Wildman–Crippen LogP) is 2.11. The number of nitrogens with one attached hydrogen (secondary N) is 1. The lowest BCUT2D eigenvalue weighted by Gasteiger charge is -2.13. The summed E-state index contributed by atoms with van der Waals surface area (Å²) in [6.45, 7) is 2.09. The third kappa shape index (κ3) is 3.30. The first-order chi connectivity index (χ1) is 11.1. The molecule has 5 nitrogen and oxygen atoms in total. The summed E-state index contributed by atoms with van der Waals surface area (Å²) in [5.74, 6) is 0.143. The summed E-state index contributed by atoms with van der Waals surface area (Å²) in [5, 5.41) is 3.51. The van der Waals surface area contributed by atoms with Crippen molar-refractivity contribution in [1.82, 2.24) is 14.9 Å². The Morgan fingerprint density at radius 3 is 2.87 bits per heavy atom. The van der Waals surface area contributed by atoms with Crippen LogP contribution in [0.4, 0.5) is 0 Å². The van der Waals surface area contributed by atoms with Crippen molar-refractivity contribution in [1.29, 1.82) is 0 Å². The molecule has 1 aromatic carbocycles. The van der Waals surface area contributed by atoms with Gasteiger partial charge >= 0.3 is 0 Å². The van der Waals surface area contributed by atoms with Crippen molar-refractivity contribution in [2.24, 2.45) is 0 Å². The highest BCUT2D eigenvalue weighted by Gasteiger charge is 2.26. The van der Waals surface area contributed by atoms with Gasteiger partial charge in [0.2, 0.25) is 5.91 Å². The minimum absolute atomic E-state index is 0.0463. The van der Waals surface area contributed by atoms with Gasteiger partial charge in [-0.05, 0) is 12.1 Å². The van der Waals surface area contributed by atoms with Crippen LogP contribution in [0.15, 0.2) is 45.2 Å². The van der Waals surface area contributed by atoms with Crippen molar-refractivity contribution >= 4 is 29.4 Å². The molecular weight excluding hydrogens is 330 g/mol. The summed E-state index contributed by atoms with van der Waals surface area (Å²) in [7, 11) is 1.60. The smallest absolute Gasteiger partial charge is 0.272 e. The van der Waals surface area contributed by atoms with Gasteiger partial charge in [0.25, 0.3) is 5.56 Å². The Morgan fingerprint density at radius 1 is 1.43 bits per heavy atom. The lowest BCUT2D eigenvalue weighted by atomic mass is 10.2. The highest BCUT2D eigenvalue weighted by Crippen LogP contribution is 2.34. The molecule has 120 valence electrons. The van der Waals surface area contributed by atoms with Crippen molar-refractivity contribution in [2.45, 2.75) is 28.6 Å². The molecule has 0 saturated carbocycles. The second-order valence-corrected chi connectivity index (χ2v) is 7.63. The lowest BCUT2D eigenvalue weighted by molar-refractivity contribution is -0.118. The van der Waals surface area contributed by atoms with E-state index in [2.05, 4.69) is 17.2 Å². The standard InChI is InChI=1S/C16H17N3O2S2/c1-10-8-12-14(23-10)15(21)19(11-6-4-3-5-7-11)16(18-12)22-9-13(20)17-2/h3-7,10H,8-9H2,1-2H3,(H,17,20). The summed E-state index contributed by atoms with van der Waals surface area (Å²) in [5.41, 5.74) is 1.57. The molecular formula is C16H17N3O2S2. The monoisotopic (exact) mass is 347 g/mol. The van der Waals surface area contributed by atoms with Crippen LogP contribution in [0.3, 0.4) is 0 Å². The molecule has 1 amide bonds. The van der Waals surface area contributed by atoms with Crippen LogP contribution in [-0.4, -0.2) is 33.5 Å². The first kappa shape index (κ1) is 16.1. The van der Waals surface area contributed by atoms with Crippen molar-refractivity contribution in [3.05, 3.63) is 46.4 Å². The van der Waals surface area contributed by atoms with Crippen molar-refractivity contribution < 1.29 is 4.79 Å². The predicted molar refractivity (Wildman–Crippen MR) is 93.6 cm³/mol. The first-order valence-corrected chi connectivity index (χ1v) is 9.18. The lowest BCUT2D eigenvalue weighted by Crippen LogP contribution is -2.25. The molecule has 1 aliphatic heterocycles. The molecule has 0 aliphatic carbocycles. The van der Waals surface area contributed by atoms with Crippen molar-refractivity contribution in [3.63, 3.8) is 0 Å². The molecule has 1 aromatic heterocycles. The Morgan fingerprint density at radius 2 is 2.17 bits per heavy atom. The second-order valence-electron chi connectivity index (χ2n) is 5.24. The van der Waals surface area contributed by atoms with Gasteiger partial charge in [0.15, 0.2) is 5.16 Å². The minimum Gasteiger partial charge on any atom is -0.358 e. The van der Waals surface area contributed by atoms with E-state index in [1.54, 1.807) is 23.4 Å². The Bertz CT molecular complexity index is 790. The Balaban J connectivity index is 2.10. The van der Waals surface area contributed by atoms with Crippen LogP contribution in [0, 0.1) is 0 Å². The molecule has 2 aromatic rings. The van der Waals surface area contributed by atoms with Crippen LogP contribution in [0.1, 0.15) is 12.6 Å². The molecule has 3 rings (SSSR count). The third-order valence-corrected chi connectivity index (χ3v) is 5.66. The van der Waals surface area contributed by atoms with Crippen LogP contribution >= 0.6 is 23.5 Å². The molecule has 0 radical (unpaired) electrons. The number of hydrogen-bond donors (Lipinski definition) is 1. The Hall–Kier alpha value is -1.73. The van der Waals surface area contributed by atoms with Crippen LogP contribution in [-0.2, 0) is 11.2 Å². The summed E-state index contributed by atoms with van der Waals surface area (Å²) >= 11 is 2.87. The highest BCUT2D eigenvalue weighted by atomic mass is 32.2. The van der Waals surface area contributed by atoms with E-state index in [0.717, 1.165) is 22.7 Å². The number of benzene rings is 1. The normalized spacial score (nSPS) is 16.2. The summed E-state index contributed by atoms with van der Waals surface area (Å²) in [6.07, 6.45) is 0.790. The molecule has 1 aliphatic rings. The average Bonchev–Trinajstić information content (AvgIpc) is 2.94. The van der Waals surface area contributed by atoms with Crippen molar-refractivity contribution in [2.75, 3.05) is 12.8 Å². The van der Waals surface area contributed by atoms with E-state index in [1.165, 1.54) is 11.8 Å². The molecule has 0 saturated heterocycles. The maximum Gasteiger partial charge on any atom is 0.272 e. The largest absolute Gasteiger partial charge is 0.358 e. The van der Waals surface area contributed by atoms with Gasteiger partial charge in [-0.25, -0.2) is 4.98 Å². The number of para-hydroxylation sites is 1. The molecule has 23 heavy (non-hydrogen) atoms.